The Morgan fingerprint density at radius 3 is 2.39 bits per heavy atom. The topological polar surface area (TPSA) is 100.0 Å². The molecule has 0 saturated carbocycles. The molecule has 0 spiro atoms. The number of rotatable bonds is 4. The zero-order valence-electron chi connectivity index (χ0n) is 17.5. The van der Waals surface area contributed by atoms with Gasteiger partial charge >= 0.3 is 0 Å². The van der Waals surface area contributed by atoms with Crippen LogP contribution in [-0.4, -0.2) is 34.0 Å². The van der Waals surface area contributed by atoms with Gasteiger partial charge in [0, 0.05) is 11.8 Å². The monoisotopic (exact) mass is 484 g/mol. The fourth-order valence-electron chi connectivity index (χ4n) is 3.77. The number of benzene rings is 2. The third-order valence-electron chi connectivity index (χ3n) is 5.28. The van der Waals surface area contributed by atoms with Crippen molar-refractivity contribution in [2.45, 2.75) is 13.0 Å². The molecule has 7 nitrogen and oxygen atoms in total. The van der Waals surface area contributed by atoms with Gasteiger partial charge in [-0.1, -0.05) is 35.3 Å². The number of hydrogen-bond acceptors (Lipinski definition) is 6. The van der Waals surface area contributed by atoms with Gasteiger partial charge in [0.2, 0.25) is 0 Å². The van der Waals surface area contributed by atoms with E-state index < -0.39 is 23.5 Å². The van der Waals surface area contributed by atoms with E-state index in [2.05, 4.69) is 4.98 Å². The van der Waals surface area contributed by atoms with E-state index in [-0.39, 0.29) is 38.4 Å². The summed E-state index contributed by atoms with van der Waals surface area (Å²) in [4.78, 5) is 31.8. The molecule has 1 unspecified atom stereocenters. The minimum absolute atomic E-state index is 0.117. The van der Waals surface area contributed by atoms with Crippen LogP contribution in [0.4, 0.5) is 5.69 Å². The van der Waals surface area contributed by atoms with Gasteiger partial charge in [0.15, 0.2) is 5.75 Å². The van der Waals surface area contributed by atoms with Crippen LogP contribution < -0.4 is 9.64 Å². The maximum Gasteiger partial charge on any atom is 0.300 e. The van der Waals surface area contributed by atoms with Gasteiger partial charge in [-0.05, 0) is 48.9 Å². The minimum Gasteiger partial charge on any atom is -0.507 e. The highest BCUT2D eigenvalue weighted by Crippen LogP contribution is 2.45. The second-order valence-corrected chi connectivity index (χ2v) is 8.20. The van der Waals surface area contributed by atoms with Crippen LogP contribution >= 0.6 is 23.2 Å². The van der Waals surface area contributed by atoms with Crippen LogP contribution in [0.25, 0.3) is 5.76 Å². The number of aryl methyl sites for hydroxylation is 1. The molecule has 4 rings (SSSR count). The highest BCUT2D eigenvalue weighted by molar-refractivity contribution is 6.52. The number of halogens is 2. The number of pyridine rings is 1. The summed E-state index contributed by atoms with van der Waals surface area (Å²) in [6, 6.07) is 11.4. The first kappa shape index (κ1) is 22.6. The Bertz CT molecular complexity index is 1280. The van der Waals surface area contributed by atoms with Gasteiger partial charge < -0.3 is 14.9 Å². The Hall–Kier alpha value is -3.55. The van der Waals surface area contributed by atoms with Gasteiger partial charge in [0.1, 0.15) is 17.6 Å². The van der Waals surface area contributed by atoms with E-state index >= 15 is 0 Å². The molecule has 3 aromatic rings. The number of methoxy groups -OCH3 is 1. The lowest BCUT2D eigenvalue weighted by Crippen LogP contribution is -2.30. The molecule has 1 saturated heterocycles. The molecule has 1 atom stereocenters. The van der Waals surface area contributed by atoms with Crippen molar-refractivity contribution in [3.8, 4) is 11.5 Å². The van der Waals surface area contributed by atoms with Crippen molar-refractivity contribution in [3.63, 3.8) is 0 Å². The lowest BCUT2D eigenvalue weighted by molar-refractivity contribution is -0.132. The second kappa shape index (κ2) is 8.77. The Morgan fingerprint density at radius 1 is 1.09 bits per heavy atom. The molecule has 9 heteroatoms. The molecule has 0 bridgehead atoms. The fraction of sp³-hybridized carbons (Fsp3) is 0.125. The Kier molecular flexibility index (Phi) is 6.01. The fourth-order valence-corrected chi connectivity index (χ4v) is 4.41. The van der Waals surface area contributed by atoms with E-state index in [0.717, 1.165) is 10.5 Å². The van der Waals surface area contributed by atoms with Gasteiger partial charge in [-0.2, -0.15) is 0 Å². The Balaban J connectivity index is 1.98. The third-order valence-corrected chi connectivity index (χ3v) is 5.84. The number of hydrogen-bond donors (Lipinski definition) is 2. The molecular formula is C24H18Cl2N2O5. The van der Waals surface area contributed by atoms with Crippen molar-refractivity contribution in [3.05, 3.63) is 87.2 Å². The lowest BCUT2D eigenvalue weighted by Gasteiger charge is -2.25. The molecule has 1 aromatic heterocycles. The molecule has 2 heterocycles. The summed E-state index contributed by atoms with van der Waals surface area (Å²) in [5.74, 6) is -2.32. The molecule has 1 aliphatic rings. The zero-order chi connectivity index (χ0) is 23.9. The van der Waals surface area contributed by atoms with Crippen molar-refractivity contribution in [2.24, 2.45) is 0 Å². The maximum atomic E-state index is 13.2. The number of Topliss-reactive ketones (excluding diaryl/α,β-unsaturated/α-hetero) is 1. The molecule has 2 aromatic carbocycles. The average molecular weight is 485 g/mol. The molecule has 1 fully saturated rings. The zero-order valence-corrected chi connectivity index (χ0v) is 19.1. The third kappa shape index (κ3) is 3.90. The summed E-state index contributed by atoms with van der Waals surface area (Å²) < 4.78 is 5.14. The normalized spacial score (nSPS) is 17.5. The molecule has 33 heavy (non-hydrogen) atoms. The van der Waals surface area contributed by atoms with Crippen molar-refractivity contribution < 1.29 is 24.5 Å². The van der Waals surface area contributed by atoms with Gasteiger partial charge in [0.25, 0.3) is 11.7 Å². The summed E-state index contributed by atoms with van der Waals surface area (Å²) in [5, 5.41) is 21.9. The van der Waals surface area contributed by atoms with E-state index in [1.165, 1.54) is 31.5 Å². The van der Waals surface area contributed by atoms with Gasteiger partial charge in [-0.3, -0.25) is 19.5 Å². The molecule has 1 aliphatic heterocycles. The molecule has 0 aliphatic carbocycles. The summed E-state index contributed by atoms with van der Waals surface area (Å²) >= 11 is 12.4. The van der Waals surface area contributed by atoms with Crippen LogP contribution in [0.5, 0.6) is 11.5 Å². The summed E-state index contributed by atoms with van der Waals surface area (Å²) in [7, 11) is 1.40. The number of anilines is 1. The highest BCUT2D eigenvalue weighted by atomic mass is 35.5. The number of amides is 1. The van der Waals surface area contributed by atoms with E-state index in [4.69, 9.17) is 27.9 Å². The number of ketones is 1. The predicted octanol–water partition coefficient (Wildman–Crippen LogP) is 5.04. The van der Waals surface area contributed by atoms with Crippen LogP contribution in [0.3, 0.4) is 0 Å². The van der Waals surface area contributed by atoms with Crippen LogP contribution in [-0.2, 0) is 9.59 Å². The molecular weight excluding hydrogens is 467 g/mol. The first-order chi connectivity index (χ1) is 15.7. The van der Waals surface area contributed by atoms with Crippen molar-refractivity contribution in [1.82, 2.24) is 4.98 Å². The van der Waals surface area contributed by atoms with Crippen LogP contribution in [0.2, 0.25) is 10.0 Å². The highest BCUT2D eigenvalue weighted by Gasteiger charge is 2.48. The number of aromatic hydroxyl groups is 1. The smallest absolute Gasteiger partial charge is 0.300 e. The number of ether oxygens (including phenoxy) is 1. The Morgan fingerprint density at radius 2 is 1.79 bits per heavy atom. The maximum absolute atomic E-state index is 13.2. The number of aliphatic hydroxyl groups excluding tert-OH is 1. The first-order valence-corrected chi connectivity index (χ1v) is 10.5. The standard InChI is InChI=1S/C24H18Cl2N2O5/c1-12-6-7-18(29)17(9-12)28-20(16-5-3-4-8-27-16)19(22(31)24(28)32)21(30)13-10-14(25)23(33-2)15(26)11-13/h3-11,20,29-30H,1-2H3/b21-19+. The van der Waals surface area contributed by atoms with Crippen molar-refractivity contribution >= 4 is 46.3 Å². The van der Waals surface area contributed by atoms with Crippen LogP contribution in [0.15, 0.2) is 60.3 Å². The van der Waals surface area contributed by atoms with E-state index in [1.54, 1.807) is 37.3 Å². The van der Waals surface area contributed by atoms with Crippen LogP contribution in [0, 0.1) is 6.92 Å². The number of phenolic OH excluding ortho intramolecular Hbond substituents is 1. The number of nitrogens with zero attached hydrogens (tertiary/aromatic N) is 2. The second-order valence-electron chi connectivity index (χ2n) is 7.39. The molecule has 168 valence electrons. The molecule has 1 amide bonds. The summed E-state index contributed by atoms with van der Waals surface area (Å²) in [6.07, 6.45) is 1.51. The van der Waals surface area contributed by atoms with Gasteiger partial charge in [-0.25, -0.2) is 0 Å². The predicted molar refractivity (Wildman–Crippen MR) is 125 cm³/mol. The van der Waals surface area contributed by atoms with E-state index in [1.807, 2.05) is 0 Å². The quantitative estimate of drug-likeness (QED) is 0.305. The Labute approximate surface area is 199 Å². The minimum atomic E-state index is -1.10. The lowest BCUT2D eigenvalue weighted by atomic mass is 9.98. The van der Waals surface area contributed by atoms with E-state index in [9.17, 15) is 19.8 Å². The summed E-state index contributed by atoms with van der Waals surface area (Å²) in [6.45, 7) is 1.79. The largest absolute Gasteiger partial charge is 0.507 e. The molecule has 0 radical (unpaired) electrons. The summed E-state index contributed by atoms with van der Waals surface area (Å²) in [5.41, 5.74) is 1.12. The number of phenols is 1. The number of aliphatic hydroxyl groups is 1. The average Bonchev–Trinajstić information content (AvgIpc) is 3.06. The van der Waals surface area contributed by atoms with Crippen molar-refractivity contribution in [2.75, 3.05) is 12.0 Å². The number of carbonyl (C=O) groups is 2. The van der Waals surface area contributed by atoms with Gasteiger partial charge in [-0.15, -0.1) is 0 Å². The van der Waals surface area contributed by atoms with Gasteiger partial charge in [0.05, 0.1) is 34.1 Å². The molecule has 2 N–H and O–H groups in total. The number of aromatic nitrogens is 1. The first-order valence-electron chi connectivity index (χ1n) is 9.79. The SMILES string of the molecule is COc1c(Cl)cc(/C(O)=C2\C(=O)C(=O)N(c3cc(C)ccc3O)C2c2ccccn2)cc1Cl. The number of carbonyl (C=O) groups excluding carboxylic acids is 2. The van der Waals surface area contributed by atoms with E-state index in [0.29, 0.717) is 5.69 Å². The van der Waals surface area contributed by atoms with Crippen LogP contribution in [0.1, 0.15) is 22.9 Å². The van der Waals surface area contributed by atoms with Crippen molar-refractivity contribution in [1.29, 1.82) is 0 Å².